The Morgan fingerprint density at radius 3 is 2.62 bits per heavy atom. The SMILES string of the molecule is COc1ccccc1-c1cc(NC(=O)C2(c3ccc(Cl)cc3)CC2)n[nH]1. The minimum Gasteiger partial charge on any atom is -0.496 e. The van der Waals surface area contributed by atoms with Crippen LogP contribution in [0.2, 0.25) is 5.02 Å². The van der Waals surface area contributed by atoms with Crippen LogP contribution in [0.5, 0.6) is 5.75 Å². The summed E-state index contributed by atoms with van der Waals surface area (Å²) in [5.41, 5.74) is 2.18. The first kappa shape index (κ1) is 16.7. The second-order valence-corrected chi connectivity index (χ2v) is 6.85. The van der Waals surface area contributed by atoms with E-state index in [1.807, 2.05) is 54.6 Å². The largest absolute Gasteiger partial charge is 0.496 e. The van der Waals surface area contributed by atoms with Crippen molar-refractivity contribution in [3.05, 3.63) is 65.2 Å². The van der Waals surface area contributed by atoms with Crippen LogP contribution in [0.15, 0.2) is 54.6 Å². The highest BCUT2D eigenvalue weighted by Gasteiger charge is 2.51. The van der Waals surface area contributed by atoms with Crippen LogP contribution in [0, 0.1) is 0 Å². The Morgan fingerprint density at radius 1 is 1.19 bits per heavy atom. The molecule has 0 atom stereocenters. The van der Waals surface area contributed by atoms with E-state index >= 15 is 0 Å². The van der Waals surface area contributed by atoms with Gasteiger partial charge in [0, 0.05) is 16.7 Å². The number of nitrogens with one attached hydrogen (secondary N) is 2. The standard InChI is InChI=1S/C20H18ClN3O2/c1-26-17-5-3-2-4-15(17)16-12-18(24-23-16)22-19(25)20(10-11-20)13-6-8-14(21)9-7-13/h2-9,12H,10-11H2,1H3,(H2,22,23,24,25). The summed E-state index contributed by atoms with van der Waals surface area (Å²) in [5, 5.41) is 10.8. The first-order valence-corrected chi connectivity index (χ1v) is 8.76. The smallest absolute Gasteiger partial charge is 0.236 e. The molecule has 0 aliphatic heterocycles. The lowest BCUT2D eigenvalue weighted by Gasteiger charge is -2.14. The summed E-state index contributed by atoms with van der Waals surface area (Å²) >= 11 is 5.95. The predicted octanol–water partition coefficient (Wildman–Crippen LogP) is 4.41. The van der Waals surface area contributed by atoms with Crippen LogP contribution < -0.4 is 10.1 Å². The van der Waals surface area contributed by atoms with Gasteiger partial charge in [-0.15, -0.1) is 0 Å². The highest BCUT2D eigenvalue weighted by molar-refractivity contribution is 6.30. The summed E-state index contributed by atoms with van der Waals surface area (Å²) in [4.78, 5) is 12.8. The number of aromatic amines is 1. The minimum absolute atomic E-state index is 0.0436. The Balaban J connectivity index is 1.54. The number of para-hydroxylation sites is 1. The summed E-state index contributed by atoms with van der Waals surface area (Å²) in [6.07, 6.45) is 1.65. The summed E-state index contributed by atoms with van der Waals surface area (Å²) in [5.74, 6) is 1.20. The molecule has 0 bridgehead atoms. The Labute approximate surface area is 156 Å². The number of hydrogen-bond acceptors (Lipinski definition) is 3. The molecule has 2 aromatic carbocycles. The number of nitrogens with zero attached hydrogens (tertiary/aromatic N) is 1. The number of aromatic nitrogens is 2. The Hall–Kier alpha value is -2.79. The molecule has 6 heteroatoms. The van der Waals surface area contributed by atoms with Crippen LogP contribution in [0.4, 0.5) is 5.82 Å². The molecule has 3 aromatic rings. The van der Waals surface area contributed by atoms with Crippen molar-refractivity contribution in [1.29, 1.82) is 0 Å². The molecule has 0 spiro atoms. The summed E-state index contributed by atoms with van der Waals surface area (Å²) in [6.45, 7) is 0. The number of anilines is 1. The maximum absolute atomic E-state index is 12.8. The molecule has 0 radical (unpaired) electrons. The summed E-state index contributed by atoms with van der Waals surface area (Å²) in [7, 11) is 1.63. The number of methoxy groups -OCH3 is 1. The molecule has 0 saturated heterocycles. The van der Waals surface area contributed by atoms with Gasteiger partial charge in [0.25, 0.3) is 0 Å². The molecule has 1 aliphatic carbocycles. The van der Waals surface area contributed by atoms with E-state index in [1.54, 1.807) is 7.11 Å². The lowest BCUT2D eigenvalue weighted by molar-refractivity contribution is -0.118. The van der Waals surface area contributed by atoms with Crippen molar-refractivity contribution in [2.24, 2.45) is 0 Å². The normalized spacial score (nSPS) is 14.7. The van der Waals surface area contributed by atoms with Gasteiger partial charge in [0.05, 0.1) is 18.2 Å². The Morgan fingerprint density at radius 2 is 1.92 bits per heavy atom. The van der Waals surface area contributed by atoms with Crippen molar-refractivity contribution < 1.29 is 9.53 Å². The predicted molar refractivity (Wildman–Crippen MR) is 102 cm³/mol. The zero-order valence-electron chi connectivity index (χ0n) is 14.3. The van der Waals surface area contributed by atoms with Crippen LogP contribution in [0.1, 0.15) is 18.4 Å². The molecule has 132 valence electrons. The number of rotatable bonds is 5. The topological polar surface area (TPSA) is 67.0 Å². The van der Waals surface area contributed by atoms with Crippen molar-refractivity contribution in [1.82, 2.24) is 10.2 Å². The van der Waals surface area contributed by atoms with Gasteiger partial charge in [-0.2, -0.15) is 5.10 Å². The molecule has 1 aliphatic rings. The van der Waals surface area contributed by atoms with Crippen molar-refractivity contribution in [2.45, 2.75) is 18.3 Å². The monoisotopic (exact) mass is 367 g/mol. The third-order valence-electron chi connectivity index (χ3n) is 4.80. The maximum atomic E-state index is 12.8. The van der Waals surface area contributed by atoms with Crippen molar-refractivity contribution in [2.75, 3.05) is 12.4 Å². The van der Waals surface area contributed by atoms with Crippen LogP contribution in [0.25, 0.3) is 11.3 Å². The number of carbonyl (C=O) groups is 1. The lowest BCUT2D eigenvalue weighted by Crippen LogP contribution is -2.27. The van der Waals surface area contributed by atoms with E-state index in [2.05, 4.69) is 15.5 Å². The van der Waals surface area contributed by atoms with Crippen LogP contribution in [0.3, 0.4) is 0 Å². The summed E-state index contributed by atoms with van der Waals surface area (Å²) < 4.78 is 5.38. The maximum Gasteiger partial charge on any atom is 0.236 e. The molecule has 1 fully saturated rings. The van der Waals surface area contributed by atoms with Crippen LogP contribution >= 0.6 is 11.6 Å². The fourth-order valence-corrected chi connectivity index (χ4v) is 3.29. The molecular weight excluding hydrogens is 350 g/mol. The fraction of sp³-hybridized carbons (Fsp3) is 0.200. The molecular formula is C20H18ClN3O2. The Kier molecular flexibility index (Phi) is 4.17. The van der Waals surface area contributed by atoms with Gasteiger partial charge in [0.2, 0.25) is 5.91 Å². The van der Waals surface area contributed by atoms with E-state index in [0.29, 0.717) is 10.8 Å². The zero-order valence-corrected chi connectivity index (χ0v) is 15.0. The second kappa shape index (κ2) is 6.50. The number of benzene rings is 2. The van der Waals surface area contributed by atoms with Crippen molar-refractivity contribution in [3.63, 3.8) is 0 Å². The highest BCUT2D eigenvalue weighted by atomic mass is 35.5. The van der Waals surface area contributed by atoms with E-state index in [-0.39, 0.29) is 5.91 Å². The van der Waals surface area contributed by atoms with E-state index in [4.69, 9.17) is 16.3 Å². The molecule has 4 rings (SSSR count). The number of ether oxygens (including phenoxy) is 1. The molecule has 5 nitrogen and oxygen atoms in total. The van der Waals surface area contributed by atoms with Crippen molar-refractivity contribution in [3.8, 4) is 17.0 Å². The van der Waals surface area contributed by atoms with Gasteiger partial charge in [-0.1, -0.05) is 35.9 Å². The average Bonchev–Trinajstić information content (AvgIpc) is 3.35. The first-order chi connectivity index (χ1) is 12.6. The molecule has 0 unspecified atom stereocenters. The van der Waals surface area contributed by atoms with Gasteiger partial charge in [0.15, 0.2) is 5.82 Å². The number of hydrogen-bond donors (Lipinski definition) is 2. The van der Waals surface area contributed by atoms with Gasteiger partial charge < -0.3 is 10.1 Å². The average molecular weight is 368 g/mol. The van der Waals surface area contributed by atoms with Crippen molar-refractivity contribution >= 4 is 23.3 Å². The molecule has 2 N–H and O–H groups in total. The van der Waals surface area contributed by atoms with Gasteiger partial charge in [-0.3, -0.25) is 9.89 Å². The van der Waals surface area contributed by atoms with Gasteiger partial charge in [-0.25, -0.2) is 0 Å². The van der Waals surface area contributed by atoms with Gasteiger partial charge in [0.1, 0.15) is 5.75 Å². The number of H-pyrrole nitrogens is 1. The number of halogens is 1. The number of carbonyl (C=O) groups excluding carboxylic acids is 1. The third-order valence-corrected chi connectivity index (χ3v) is 5.05. The quantitative estimate of drug-likeness (QED) is 0.702. The summed E-state index contributed by atoms with van der Waals surface area (Å²) in [6, 6.07) is 16.9. The molecule has 1 saturated carbocycles. The molecule has 26 heavy (non-hydrogen) atoms. The lowest BCUT2D eigenvalue weighted by atomic mass is 9.95. The van der Waals surface area contributed by atoms with E-state index in [0.717, 1.165) is 35.4 Å². The van der Waals surface area contributed by atoms with E-state index in [1.165, 1.54) is 0 Å². The zero-order chi connectivity index (χ0) is 18.1. The molecule has 1 heterocycles. The van der Waals surface area contributed by atoms with E-state index < -0.39 is 5.41 Å². The highest BCUT2D eigenvalue weighted by Crippen LogP contribution is 2.49. The Bertz CT molecular complexity index is 946. The van der Waals surface area contributed by atoms with Gasteiger partial charge in [-0.05, 0) is 42.7 Å². The van der Waals surface area contributed by atoms with E-state index in [9.17, 15) is 4.79 Å². The molecule has 1 amide bonds. The van der Waals surface area contributed by atoms with Crippen LogP contribution in [-0.4, -0.2) is 23.2 Å². The fourth-order valence-electron chi connectivity index (χ4n) is 3.17. The first-order valence-electron chi connectivity index (χ1n) is 8.39. The third kappa shape index (κ3) is 2.95. The minimum atomic E-state index is -0.478. The second-order valence-electron chi connectivity index (χ2n) is 6.41. The number of amides is 1. The van der Waals surface area contributed by atoms with Crippen LogP contribution in [-0.2, 0) is 10.2 Å². The van der Waals surface area contributed by atoms with Gasteiger partial charge >= 0.3 is 0 Å². The molecule has 1 aromatic heterocycles.